The predicted octanol–water partition coefficient (Wildman–Crippen LogP) is 3.58. The third-order valence-corrected chi connectivity index (χ3v) is 7.32. The Morgan fingerprint density at radius 3 is 2.41 bits per heavy atom. The molecule has 0 bridgehead atoms. The standard InChI is InChI=1S/C25H35N3O/c1-17-5-7-19-14-20-8-6-18(2)13-24(20)22(23(19)12-17)9-10-27-16-25(29)28-11-3-4-21(28)15-26/h14,17-18,21,27H,3-13,16H2,1-2H3/t17?,18?,21-/m0/s1. The van der Waals surface area contributed by atoms with Gasteiger partial charge in [0.15, 0.2) is 0 Å². The monoisotopic (exact) mass is 393 g/mol. The van der Waals surface area contributed by atoms with Gasteiger partial charge < -0.3 is 10.2 Å². The minimum atomic E-state index is -0.222. The summed E-state index contributed by atoms with van der Waals surface area (Å²) in [5.74, 6) is 1.62. The lowest BCUT2D eigenvalue weighted by Gasteiger charge is -2.31. The van der Waals surface area contributed by atoms with Gasteiger partial charge in [0.25, 0.3) is 0 Å². The maximum atomic E-state index is 12.5. The Balaban J connectivity index is 1.44. The van der Waals surface area contributed by atoms with Gasteiger partial charge in [-0.25, -0.2) is 0 Å². The molecule has 2 unspecified atom stereocenters. The second-order valence-corrected chi connectivity index (χ2v) is 9.63. The number of nitrogens with zero attached hydrogens (tertiary/aromatic N) is 2. The van der Waals surface area contributed by atoms with Crippen LogP contribution in [0.15, 0.2) is 6.07 Å². The second kappa shape index (κ2) is 8.88. The zero-order valence-corrected chi connectivity index (χ0v) is 18.1. The SMILES string of the molecule is CC1CCc2cc3c(c(CCNCC(=O)N4CCC[C@H]4C#N)c2C1)CC(C)CC3. The molecule has 0 saturated carbocycles. The highest BCUT2D eigenvalue weighted by molar-refractivity contribution is 5.79. The van der Waals surface area contributed by atoms with E-state index in [0.717, 1.165) is 44.2 Å². The number of aryl methyl sites for hydroxylation is 2. The van der Waals surface area contributed by atoms with E-state index in [4.69, 9.17) is 0 Å². The van der Waals surface area contributed by atoms with Crippen molar-refractivity contribution in [1.82, 2.24) is 10.2 Å². The van der Waals surface area contributed by atoms with E-state index in [9.17, 15) is 10.1 Å². The Bertz CT molecular complexity index is 771. The molecule has 1 aromatic rings. The molecule has 1 N–H and O–H groups in total. The molecule has 0 spiro atoms. The number of rotatable bonds is 5. The van der Waals surface area contributed by atoms with Gasteiger partial charge in [-0.15, -0.1) is 0 Å². The second-order valence-electron chi connectivity index (χ2n) is 9.63. The summed E-state index contributed by atoms with van der Waals surface area (Å²) in [6, 6.07) is 4.57. The molecule has 0 radical (unpaired) electrons. The summed E-state index contributed by atoms with van der Waals surface area (Å²) in [4.78, 5) is 14.2. The molecule has 1 aliphatic heterocycles. The van der Waals surface area contributed by atoms with Gasteiger partial charge in [-0.3, -0.25) is 4.79 Å². The van der Waals surface area contributed by atoms with Crippen LogP contribution < -0.4 is 5.32 Å². The fourth-order valence-electron chi connectivity index (χ4n) is 5.63. The van der Waals surface area contributed by atoms with Crippen LogP contribution in [0.25, 0.3) is 0 Å². The average molecular weight is 394 g/mol. The number of amides is 1. The molecule has 29 heavy (non-hydrogen) atoms. The van der Waals surface area contributed by atoms with Gasteiger partial charge in [0.05, 0.1) is 12.6 Å². The number of nitriles is 1. The smallest absolute Gasteiger partial charge is 0.237 e. The van der Waals surface area contributed by atoms with Gasteiger partial charge in [0, 0.05) is 6.54 Å². The van der Waals surface area contributed by atoms with Crippen LogP contribution in [0.3, 0.4) is 0 Å². The molecule has 1 fully saturated rings. The number of hydrogen-bond acceptors (Lipinski definition) is 3. The predicted molar refractivity (Wildman–Crippen MR) is 116 cm³/mol. The van der Waals surface area contributed by atoms with Crippen molar-refractivity contribution in [2.24, 2.45) is 11.8 Å². The van der Waals surface area contributed by atoms with Crippen LogP contribution in [0.4, 0.5) is 0 Å². The van der Waals surface area contributed by atoms with Crippen LogP contribution in [0, 0.1) is 23.2 Å². The van der Waals surface area contributed by atoms with Gasteiger partial charge in [0.2, 0.25) is 5.91 Å². The van der Waals surface area contributed by atoms with Crippen molar-refractivity contribution in [1.29, 1.82) is 5.26 Å². The molecule has 4 rings (SSSR count). The lowest BCUT2D eigenvalue weighted by molar-refractivity contribution is -0.130. The first-order valence-corrected chi connectivity index (χ1v) is 11.6. The molecule has 1 amide bonds. The fraction of sp³-hybridized carbons (Fsp3) is 0.680. The minimum absolute atomic E-state index is 0.0772. The van der Waals surface area contributed by atoms with E-state index in [-0.39, 0.29) is 11.9 Å². The molecular formula is C25H35N3O. The Morgan fingerprint density at radius 2 is 1.79 bits per heavy atom. The van der Waals surface area contributed by atoms with Crippen LogP contribution in [-0.2, 0) is 36.9 Å². The van der Waals surface area contributed by atoms with Crippen LogP contribution in [-0.4, -0.2) is 36.5 Å². The molecule has 3 aliphatic rings. The Morgan fingerprint density at radius 1 is 1.14 bits per heavy atom. The van der Waals surface area contributed by atoms with Gasteiger partial charge in [-0.05, 0) is 104 Å². The van der Waals surface area contributed by atoms with E-state index < -0.39 is 0 Å². The number of carbonyl (C=O) groups excluding carboxylic acids is 1. The maximum absolute atomic E-state index is 12.5. The first-order valence-electron chi connectivity index (χ1n) is 11.6. The Labute approximate surface area is 175 Å². The zero-order valence-electron chi connectivity index (χ0n) is 18.1. The van der Waals surface area contributed by atoms with Crippen LogP contribution in [0.2, 0.25) is 0 Å². The van der Waals surface area contributed by atoms with E-state index in [0.29, 0.717) is 6.54 Å². The molecule has 0 aromatic heterocycles. The van der Waals surface area contributed by atoms with Crippen LogP contribution in [0.5, 0.6) is 0 Å². The van der Waals surface area contributed by atoms with Crippen molar-refractivity contribution in [2.75, 3.05) is 19.6 Å². The molecule has 1 heterocycles. The topological polar surface area (TPSA) is 56.1 Å². The average Bonchev–Trinajstić information content (AvgIpc) is 3.20. The van der Waals surface area contributed by atoms with Gasteiger partial charge in [-0.1, -0.05) is 19.9 Å². The zero-order chi connectivity index (χ0) is 20.4. The number of fused-ring (bicyclic) bond motifs is 2. The highest BCUT2D eigenvalue weighted by Crippen LogP contribution is 2.36. The summed E-state index contributed by atoms with van der Waals surface area (Å²) < 4.78 is 0. The van der Waals surface area contributed by atoms with Gasteiger partial charge >= 0.3 is 0 Å². The molecule has 156 valence electrons. The highest BCUT2D eigenvalue weighted by atomic mass is 16.2. The molecule has 4 nitrogen and oxygen atoms in total. The van der Waals surface area contributed by atoms with Gasteiger partial charge in [-0.2, -0.15) is 5.26 Å². The molecule has 2 aliphatic carbocycles. The van der Waals surface area contributed by atoms with Crippen molar-refractivity contribution in [3.05, 3.63) is 33.9 Å². The maximum Gasteiger partial charge on any atom is 0.237 e. The number of likely N-dealkylation sites (tertiary alicyclic amines) is 1. The first kappa shape index (κ1) is 20.4. The van der Waals surface area contributed by atoms with Crippen LogP contribution >= 0.6 is 0 Å². The number of carbonyl (C=O) groups is 1. The third kappa shape index (κ3) is 4.36. The lowest BCUT2D eigenvalue weighted by Crippen LogP contribution is -2.41. The highest BCUT2D eigenvalue weighted by Gasteiger charge is 2.28. The molecule has 3 atom stereocenters. The van der Waals surface area contributed by atoms with Crippen molar-refractivity contribution in [3.8, 4) is 6.07 Å². The van der Waals surface area contributed by atoms with Crippen LogP contribution in [0.1, 0.15) is 67.3 Å². The summed E-state index contributed by atoms with van der Waals surface area (Å²) >= 11 is 0. The van der Waals surface area contributed by atoms with Crippen molar-refractivity contribution >= 4 is 5.91 Å². The molecule has 4 heteroatoms. The van der Waals surface area contributed by atoms with E-state index in [1.807, 2.05) is 0 Å². The summed E-state index contributed by atoms with van der Waals surface area (Å²) in [7, 11) is 0. The quantitative estimate of drug-likeness (QED) is 0.778. The van der Waals surface area contributed by atoms with E-state index in [2.05, 4.69) is 31.3 Å². The summed E-state index contributed by atoms with van der Waals surface area (Å²) in [6.45, 7) is 6.68. The number of benzene rings is 1. The van der Waals surface area contributed by atoms with Crippen molar-refractivity contribution in [2.45, 2.75) is 77.7 Å². The Kier molecular flexibility index (Phi) is 6.25. The first-order chi connectivity index (χ1) is 14.1. The summed E-state index contributed by atoms with van der Waals surface area (Å²) in [5.41, 5.74) is 8.02. The fourth-order valence-corrected chi connectivity index (χ4v) is 5.63. The third-order valence-electron chi connectivity index (χ3n) is 7.32. The van der Waals surface area contributed by atoms with E-state index in [1.165, 1.54) is 38.5 Å². The van der Waals surface area contributed by atoms with Crippen molar-refractivity contribution in [3.63, 3.8) is 0 Å². The lowest BCUT2D eigenvalue weighted by atomic mass is 9.74. The largest absolute Gasteiger partial charge is 0.326 e. The van der Waals surface area contributed by atoms with E-state index in [1.54, 1.807) is 32.7 Å². The molecule has 1 aromatic carbocycles. The normalized spacial score (nSPS) is 26.0. The minimum Gasteiger partial charge on any atom is -0.326 e. The molecule has 1 saturated heterocycles. The van der Waals surface area contributed by atoms with Gasteiger partial charge in [0.1, 0.15) is 6.04 Å². The Hall–Kier alpha value is -1.86. The summed E-state index contributed by atoms with van der Waals surface area (Å²) in [6.07, 6.45) is 10.3. The van der Waals surface area contributed by atoms with E-state index >= 15 is 0 Å². The van der Waals surface area contributed by atoms with Crippen molar-refractivity contribution < 1.29 is 4.79 Å². The number of hydrogen-bond donors (Lipinski definition) is 1. The molecular weight excluding hydrogens is 358 g/mol. The summed E-state index contributed by atoms with van der Waals surface area (Å²) in [5, 5.41) is 12.6. The number of nitrogens with one attached hydrogen (secondary N) is 1.